The first-order chi connectivity index (χ1) is 12.0. The molecule has 132 valence electrons. The molecule has 2 aromatic carbocycles. The molecular formula is C17H18N2O3S3. The minimum absolute atomic E-state index is 0.409. The van der Waals surface area contributed by atoms with Gasteiger partial charge in [0.25, 0.3) is 0 Å². The monoisotopic (exact) mass is 394 g/mol. The van der Waals surface area contributed by atoms with Gasteiger partial charge in [0.05, 0.1) is 17.3 Å². The van der Waals surface area contributed by atoms with Gasteiger partial charge in [0.15, 0.2) is 4.34 Å². The highest BCUT2D eigenvalue weighted by Gasteiger charge is 2.24. The normalized spacial score (nSPS) is 13.0. The number of primary sulfonamides is 1. The molecule has 1 heterocycles. The molecule has 0 aliphatic heterocycles. The lowest BCUT2D eigenvalue weighted by Crippen LogP contribution is -2.22. The molecule has 1 atom stereocenters. The molecule has 1 aromatic heterocycles. The first-order valence-corrected chi connectivity index (χ1v) is 11.0. The van der Waals surface area contributed by atoms with Crippen LogP contribution in [0.2, 0.25) is 0 Å². The second-order valence-electron chi connectivity index (χ2n) is 5.44. The van der Waals surface area contributed by atoms with E-state index in [4.69, 9.17) is 9.88 Å². The van der Waals surface area contributed by atoms with Crippen molar-refractivity contribution >= 4 is 43.3 Å². The Labute approximate surface area is 155 Å². The SMILES string of the molecule is COc1cccc(C(CCSc2nc3ccccc3s2)S(N)(=O)=O)c1. The van der Waals surface area contributed by atoms with Crippen molar-refractivity contribution < 1.29 is 13.2 Å². The standard InChI is InChI=1S/C17H18N2O3S3/c1-22-13-6-4-5-12(11-13)16(25(18,20)21)9-10-23-17-19-14-7-2-3-8-15(14)24-17/h2-8,11,16H,9-10H2,1H3,(H2,18,20,21). The summed E-state index contributed by atoms with van der Waals surface area (Å²) in [4.78, 5) is 4.55. The largest absolute Gasteiger partial charge is 0.497 e. The number of fused-ring (bicyclic) bond motifs is 1. The van der Waals surface area contributed by atoms with E-state index >= 15 is 0 Å². The molecule has 25 heavy (non-hydrogen) atoms. The fraction of sp³-hybridized carbons (Fsp3) is 0.235. The summed E-state index contributed by atoms with van der Waals surface area (Å²) >= 11 is 3.16. The molecule has 0 aliphatic carbocycles. The molecule has 0 bridgehead atoms. The van der Waals surface area contributed by atoms with Gasteiger partial charge in [-0.2, -0.15) is 0 Å². The highest BCUT2D eigenvalue weighted by Crippen LogP contribution is 2.33. The maximum atomic E-state index is 12.0. The quantitative estimate of drug-likeness (QED) is 0.616. The molecule has 0 radical (unpaired) electrons. The molecule has 2 N–H and O–H groups in total. The number of thiazole rings is 1. The molecule has 1 unspecified atom stereocenters. The zero-order valence-electron chi connectivity index (χ0n) is 13.6. The summed E-state index contributed by atoms with van der Waals surface area (Å²) in [5, 5.41) is 4.69. The summed E-state index contributed by atoms with van der Waals surface area (Å²) in [6.07, 6.45) is 0.409. The summed E-state index contributed by atoms with van der Waals surface area (Å²) in [5.41, 5.74) is 1.61. The summed E-state index contributed by atoms with van der Waals surface area (Å²) in [7, 11) is -2.16. The van der Waals surface area contributed by atoms with Crippen LogP contribution in [0.1, 0.15) is 17.2 Å². The Morgan fingerprint density at radius 3 is 2.76 bits per heavy atom. The van der Waals surface area contributed by atoms with Gasteiger partial charge in [-0.1, -0.05) is 36.0 Å². The van der Waals surface area contributed by atoms with Crippen LogP contribution in [0, 0.1) is 0 Å². The van der Waals surface area contributed by atoms with Crippen molar-refractivity contribution in [3.8, 4) is 5.75 Å². The number of ether oxygens (including phenoxy) is 1. The minimum Gasteiger partial charge on any atom is -0.497 e. The number of hydrogen-bond acceptors (Lipinski definition) is 6. The Bertz CT molecular complexity index is 937. The number of sulfonamides is 1. The molecule has 0 spiro atoms. The first kappa shape index (κ1) is 18.2. The van der Waals surface area contributed by atoms with Crippen molar-refractivity contribution in [1.29, 1.82) is 0 Å². The van der Waals surface area contributed by atoms with E-state index in [2.05, 4.69) is 4.98 Å². The number of aromatic nitrogens is 1. The van der Waals surface area contributed by atoms with Gasteiger partial charge in [-0.15, -0.1) is 11.3 Å². The maximum absolute atomic E-state index is 12.0. The van der Waals surface area contributed by atoms with E-state index in [1.807, 2.05) is 24.3 Å². The Morgan fingerprint density at radius 2 is 2.04 bits per heavy atom. The fourth-order valence-electron chi connectivity index (χ4n) is 2.53. The minimum atomic E-state index is -3.71. The van der Waals surface area contributed by atoms with Crippen LogP contribution in [-0.2, 0) is 10.0 Å². The number of hydrogen-bond donors (Lipinski definition) is 1. The first-order valence-electron chi connectivity index (χ1n) is 7.61. The smallest absolute Gasteiger partial charge is 0.216 e. The Hall–Kier alpha value is -1.61. The second-order valence-corrected chi connectivity index (χ2v) is 9.56. The number of methoxy groups -OCH3 is 1. The van der Waals surface area contributed by atoms with Crippen LogP contribution in [0.25, 0.3) is 10.2 Å². The van der Waals surface area contributed by atoms with Gasteiger partial charge in [-0.3, -0.25) is 0 Å². The van der Waals surface area contributed by atoms with Crippen LogP contribution >= 0.6 is 23.1 Å². The van der Waals surface area contributed by atoms with Crippen LogP contribution in [-0.4, -0.2) is 26.3 Å². The molecule has 8 heteroatoms. The number of para-hydroxylation sites is 1. The van der Waals surface area contributed by atoms with E-state index in [9.17, 15) is 8.42 Å². The van der Waals surface area contributed by atoms with E-state index < -0.39 is 15.3 Å². The third kappa shape index (κ3) is 4.52. The molecular weight excluding hydrogens is 376 g/mol. The van der Waals surface area contributed by atoms with Crippen molar-refractivity contribution in [3.05, 3.63) is 54.1 Å². The van der Waals surface area contributed by atoms with Gasteiger partial charge < -0.3 is 4.74 Å². The average molecular weight is 395 g/mol. The Balaban J connectivity index is 1.72. The number of nitrogens with zero attached hydrogens (tertiary/aromatic N) is 1. The van der Waals surface area contributed by atoms with E-state index in [-0.39, 0.29) is 0 Å². The van der Waals surface area contributed by atoms with Crippen LogP contribution in [0.15, 0.2) is 52.9 Å². The maximum Gasteiger partial charge on any atom is 0.216 e. The molecule has 3 aromatic rings. The molecule has 0 saturated heterocycles. The summed E-state index contributed by atoms with van der Waals surface area (Å²) in [5.74, 6) is 1.22. The average Bonchev–Trinajstić information content (AvgIpc) is 3.00. The number of benzene rings is 2. The van der Waals surface area contributed by atoms with E-state index in [1.165, 1.54) is 0 Å². The molecule has 0 aliphatic rings. The van der Waals surface area contributed by atoms with E-state index in [0.29, 0.717) is 23.5 Å². The molecule has 0 amide bonds. The predicted molar refractivity (Wildman–Crippen MR) is 104 cm³/mol. The van der Waals surface area contributed by atoms with Crippen LogP contribution < -0.4 is 9.88 Å². The highest BCUT2D eigenvalue weighted by atomic mass is 32.2. The van der Waals surface area contributed by atoms with Crippen LogP contribution in [0.5, 0.6) is 5.75 Å². The highest BCUT2D eigenvalue weighted by molar-refractivity contribution is 8.01. The predicted octanol–water partition coefficient (Wildman–Crippen LogP) is 3.82. The van der Waals surface area contributed by atoms with E-state index in [0.717, 1.165) is 14.6 Å². The summed E-state index contributed by atoms with van der Waals surface area (Å²) in [6, 6.07) is 15.0. The molecule has 5 nitrogen and oxygen atoms in total. The molecule has 3 rings (SSSR count). The Morgan fingerprint density at radius 1 is 1.24 bits per heavy atom. The lowest BCUT2D eigenvalue weighted by atomic mass is 10.1. The van der Waals surface area contributed by atoms with Crippen molar-refractivity contribution in [2.24, 2.45) is 5.14 Å². The molecule has 0 saturated carbocycles. The fourth-order valence-corrected chi connectivity index (χ4v) is 5.79. The zero-order chi connectivity index (χ0) is 17.9. The topological polar surface area (TPSA) is 82.3 Å². The Kier molecular flexibility index (Phi) is 5.63. The van der Waals surface area contributed by atoms with Gasteiger partial charge in [-0.25, -0.2) is 18.5 Å². The van der Waals surface area contributed by atoms with Gasteiger partial charge in [0.1, 0.15) is 11.0 Å². The lowest BCUT2D eigenvalue weighted by molar-refractivity contribution is 0.414. The van der Waals surface area contributed by atoms with Gasteiger partial charge in [0.2, 0.25) is 10.0 Å². The number of thioether (sulfide) groups is 1. The van der Waals surface area contributed by atoms with Crippen LogP contribution in [0.3, 0.4) is 0 Å². The summed E-state index contributed by atoms with van der Waals surface area (Å²) < 4.78 is 31.3. The van der Waals surface area contributed by atoms with Crippen molar-refractivity contribution in [1.82, 2.24) is 4.98 Å². The van der Waals surface area contributed by atoms with Crippen molar-refractivity contribution in [2.75, 3.05) is 12.9 Å². The third-order valence-electron chi connectivity index (χ3n) is 3.74. The van der Waals surface area contributed by atoms with Gasteiger partial charge >= 0.3 is 0 Å². The van der Waals surface area contributed by atoms with E-state index in [1.54, 1.807) is 54.5 Å². The van der Waals surface area contributed by atoms with Crippen molar-refractivity contribution in [3.63, 3.8) is 0 Å². The zero-order valence-corrected chi connectivity index (χ0v) is 16.0. The summed E-state index contributed by atoms with van der Waals surface area (Å²) in [6.45, 7) is 0. The second kappa shape index (κ2) is 7.74. The van der Waals surface area contributed by atoms with Gasteiger partial charge in [-0.05, 0) is 36.2 Å². The lowest BCUT2D eigenvalue weighted by Gasteiger charge is -2.15. The number of nitrogens with two attached hydrogens (primary N) is 1. The van der Waals surface area contributed by atoms with Crippen molar-refractivity contribution in [2.45, 2.75) is 16.0 Å². The molecule has 0 fully saturated rings. The third-order valence-corrected chi connectivity index (χ3v) is 7.26. The van der Waals surface area contributed by atoms with Gasteiger partial charge in [0, 0.05) is 5.75 Å². The number of rotatable bonds is 7. The van der Waals surface area contributed by atoms with Crippen LogP contribution in [0.4, 0.5) is 0 Å².